The summed E-state index contributed by atoms with van der Waals surface area (Å²) in [5.74, 6) is -1.02. The van der Waals surface area contributed by atoms with Crippen LogP contribution < -0.4 is 5.32 Å². The van der Waals surface area contributed by atoms with Crippen molar-refractivity contribution in [3.8, 4) is 0 Å². The molecule has 0 aliphatic heterocycles. The van der Waals surface area contributed by atoms with Crippen LogP contribution in [0.3, 0.4) is 0 Å². The molecule has 0 radical (unpaired) electrons. The number of hydrogen-bond donors (Lipinski definition) is 1. The van der Waals surface area contributed by atoms with Crippen LogP contribution in [0.4, 0.5) is 0 Å². The molecule has 142 valence electrons. The van der Waals surface area contributed by atoms with Gasteiger partial charge in [-0.05, 0) is 35.4 Å². The van der Waals surface area contributed by atoms with Crippen molar-refractivity contribution >= 4 is 29.4 Å². The lowest BCUT2D eigenvalue weighted by molar-refractivity contribution is -0.133. The zero-order valence-corrected chi connectivity index (χ0v) is 16.0. The van der Waals surface area contributed by atoms with Crippen molar-refractivity contribution in [2.75, 3.05) is 13.7 Å². The van der Waals surface area contributed by atoms with Crippen molar-refractivity contribution in [2.45, 2.75) is 20.0 Å². The summed E-state index contributed by atoms with van der Waals surface area (Å²) in [5.41, 5.74) is 2.09. The van der Waals surface area contributed by atoms with Crippen LogP contribution in [-0.4, -0.2) is 36.3 Å². The Balaban J connectivity index is 1.83. The molecule has 0 saturated carbocycles. The fraction of sp³-hybridized carbons (Fsp3) is 0.250. The minimum Gasteiger partial charge on any atom is -0.452 e. The molecule has 0 aliphatic carbocycles. The highest BCUT2D eigenvalue weighted by Gasteiger charge is 2.14. The van der Waals surface area contributed by atoms with E-state index in [1.54, 1.807) is 43.4 Å². The molecule has 27 heavy (non-hydrogen) atoms. The molecule has 2 rings (SSSR count). The summed E-state index contributed by atoms with van der Waals surface area (Å²) in [6, 6.07) is 13.9. The predicted molar refractivity (Wildman–Crippen MR) is 102 cm³/mol. The molecule has 0 fully saturated rings. The smallest absolute Gasteiger partial charge is 0.338 e. The fourth-order valence-corrected chi connectivity index (χ4v) is 2.52. The van der Waals surface area contributed by atoms with Gasteiger partial charge in [0.1, 0.15) is 0 Å². The summed E-state index contributed by atoms with van der Waals surface area (Å²) < 4.78 is 5.08. The third-order valence-electron chi connectivity index (χ3n) is 3.79. The normalized spacial score (nSPS) is 10.2. The van der Waals surface area contributed by atoms with E-state index in [-0.39, 0.29) is 18.4 Å². The second-order valence-electron chi connectivity index (χ2n) is 6.06. The highest BCUT2D eigenvalue weighted by Crippen LogP contribution is 2.12. The Morgan fingerprint density at radius 1 is 1.07 bits per heavy atom. The van der Waals surface area contributed by atoms with E-state index in [4.69, 9.17) is 16.3 Å². The van der Waals surface area contributed by atoms with Gasteiger partial charge in [0.25, 0.3) is 5.91 Å². The van der Waals surface area contributed by atoms with E-state index in [0.717, 1.165) is 11.1 Å². The molecule has 0 spiro atoms. The molecular weight excluding hydrogens is 368 g/mol. The van der Waals surface area contributed by atoms with Gasteiger partial charge in [0.15, 0.2) is 6.61 Å². The van der Waals surface area contributed by atoms with E-state index in [1.807, 2.05) is 12.1 Å². The summed E-state index contributed by atoms with van der Waals surface area (Å²) in [6.07, 6.45) is 0. The SMILES string of the molecule is CC(=O)NCc1ccc(C(=O)OCC(=O)N(C)Cc2cccc(Cl)c2)cc1. The lowest BCUT2D eigenvalue weighted by Crippen LogP contribution is -2.30. The molecule has 0 saturated heterocycles. The molecular formula is C20H21ClN2O4. The number of benzene rings is 2. The maximum atomic E-state index is 12.1. The monoisotopic (exact) mass is 388 g/mol. The lowest BCUT2D eigenvalue weighted by Gasteiger charge is -2.17. The Labute approximate surface area is 163 Å². The van der Waals surface area contributed by atoms with Crippen molar-refractivity contribution in [2.24, 2.45) is 0 Å². The molecule has 2 aromatic carbocycles. The summed E-state index contributed by atoms with van der Waals surface area (Å²) in [5, 5.41) is 3.27. The van der Waals surface area contributed by atoms with Crippen molar-refractivity contribution in [1.29, 1.82) is 0 Å². The van der Waals surface area contributed by atoms with E-state index < -0.39 is 5.97 Å². The first-order chi connectivity index (χ1) is 12.8. The molecule has 0 atom stereocenters. The molecule has 1 N–H and O–H groups in total. The molecule has 0 unspecified atom stereocenters. The molecule has 6 nitrogen and oxygen atoms in total. The zero-order valence-electron chi connectivity index (χ0n) is 15.2. The highest BCUT2D eigenvalue weighted by atomic mass is 35.5. The molecule has 2 aromatic rings. The van der Waals surface area contributed by atoms with Crippen LogP contribution >= 0.6 is 11.6 Å². The predicted octanol–water partition coefficient (Wildman–Crippen LogP) is 2.79. The number of halogens is 1. The Kier molecular flexibility index (Phi) is 7.37. The number of nitrogens with one attached hydrogen (secondary N) is 1. The van der Waals surface area contributed by atoms with E-state index >= 15 is 0 Å². The third-order valence-corrected chi connectivity index (χ3v) is 4.03. The van der Waals surface area contributed by atoms with Crippen LogP contribution in [0, 0.1) is 0 Å². The van der Waals surface area contributed by atoms with E-state index in [1.165, 1.54) is 11.8 Å². The van der Waals surface area contributed by atoms with Crippen LogP contribution in [0.5, 0.6) is 0 Å². The van der Waals surface area contributed by atoms with Crippen LogP contribution in [0.25, 0.3) is 0 Å². The summed E-state index contributed by atoms with van der Waals surface area (Å²) in [6.45, 7) is 1.85. The largest absolute Gasteiger partial charge is 0.452 e. The summed E-state index contributed by atoms with van der Waals surface area (Å²) >= 11 is 5.93. The first kappa shape index (κ1) is 20.5. The first-order valence-corrected chi connectivity index (χ1v) is 8.72. The fourth-order valence-electron chi connectivity index (χ4n) is 2.30. The van der Waals surface area contributed by atoms with Gasteiger partial charge >= 0.3 is 5.97 Å². The molecule has 7 heteroatoms. The van der Waals surface area contributed by atoms with Crippen molar-refractivity contribution < 1.29 is 19.1 Å². The van der Waals surface area contributed by atoms with Crippen molar-refractivity contribution in [3.63, 3.8) is 0 Å². The number of likely N-dealkylation sites (N-methyl/N-ethyl adjacent to an activating group) is 1. The van der Waals surface area contributed by atoms with Crippen molar-refractivity contribution in [1.82, 2.24) is 10.2 Å². The van der Waals surface area contributed by atoms with Crippen LogP contribution in [0.1, 0.15) is 28.4 Å². The maximum Gasteiger partial charge on any atom is 0.338 e. The minimum absolute atomic E-state index is 0.126. The van der Waals surface area contributed by atoms with Gasteiger partial charge in [-0.15, -0.1) is 0 Å². The number of amides is 2. The molecule has 0 bridgehead atoms. The number of carbonyl (C=O) groups excluding carboxylic acids is 3. The van der Waals surface area contributed by atoms with Gasteiger partial charge < -0.3 is 15.0 Å². The number of hydrogen-bond acceptors (Lipinski definition) is 4. The number of rotatable bonds is 7. The van der Waals surface area contributed by atoms with E-state index in [2.05, 4.69) is 5.32 Å². The van der Waals surface area contributed by atoms with Gasteiger partial charge in [0, 0.05) is 32.1 Å². The number of esters is 1. The van der Waals surface area contributed by atoms with Gasteiger partial charge in [-0.2, -0.15) is 0 Å². The van der Waals surface area contributed by atoms with Crippen LogP contribution in [0.15, 0.2) is 48.5 Å². The number of nitrogens with zero attached hydrogens (tertiary/aromatic N) is 1. The Hall–Kier alpha value is -2.86. The van der Waals surface area contributed by atoms with Crippen LogP contribution in [0.2, 0.25) is 5.02 Å². The Morgan fingerprint density at radius 2 is 1.78 bits per heavy atom. The standard InChI is InChI=1S/C20H21ClN2O4/c1-14(24)22-11-15-6-8-17(9-7-15)20(26)27-13-19(25)23(2)12-16-4-3-5-18(21)10-16/h3-10H,11-13H2,1-2H3,(H,22,24). The Bertz CT molecular complexity index is 821. The highest BCUT2D eigenvalue weighted by molar-refractivity contribution is 6.30. The average Bonchev–Trinajstić information content (AvgIpc) is 2.64. The van der Waals surface area contributed by atoms with Gasteiger partial charge in [0.2, 0.25) is 5.91 Å². The topological polar surface area (TPSA) is 75.7 Å². The summed E-state index contributed by atoms with van der Waals surface area (Å²) in [4.78, 5) is 36.6. The van der Waals surface area contributed by atoms with Crippen molar-refractivity contribution in [3.05, 3.63) is 70.2 Å². The quantitative estimate of drug-likeness (QED) is 0.740. The van der Waals surface area contributed by atoms with Gasteiger partial charge in [-0.3, -0.25) is 9.59 Å². The molecule has 2 amide bonds. The molecule has 0 aliphatic rings. The molecule has 0 heterocycles. The molecule has 0 aromatic heterocycles. The second kappa shape index (κ2) is 9.73. The lowest BCUT2D eigenvalue weighted by atomic mass is 10.1. The van der Waals surface area contributed by atoms with Gasteiger partial charge in [-0.25, -0.2) is 4.79 Å². The zero-order chi connectivity index (χ0) is 19.8. The summed E-state index contributed by atoms with van der Waals surface area (Å²) in [7, 11) is 1.63. The maximum absolute atomic E-state index is 12.1. The van der Waals surface area contributed by atoms with Gasteiger partial charge in [-0.1, -0.05) is 35.9 Å². The third kappa shape index (κ3) is 6.75. The van der Waals surface area contributed by atoms with Gasteiger partial charge in [0.05, 0.1) is 5.56 Å². The number of ether oxygens (including phenoxy) is 1. The number of carbonyl (C=O) groups is 3. The van der Waals surface area contributed by atoms with Crippen LogP contribution in [-0.2, 0) is 27.4 Å². The first-order valence-electron chi connectivity index (χ1n) is 8.34. The van der Waals surface area contributed by atoms with E-state index in [9.17, 15) is 14.4 Å². The van der Waals surface area contributed by atoms with E-state index in [0.29, 0.717) is 23.7 Å². The second-order valence-corrected chi connectivity index (χ2v) is 6.50. The average molecular weight is 389 g/mol. The minimum atomic E-state index is -0.578. The Morgan fingerprint density at radius 3 is 2.41 bits per heavy atom.